The molecular formula is C17H21KO3. The molecule has 0 N–H and O–H groups in total. The summed E-state index contributed by atoms with van der Waals surface area (Å²) in [5, 5.41) is 11.2. The fourth-order valence-electron chi connectivity index (χ4n) is 2.42. The van der Waals surface area contributed by atoms with E-state index >= 15 is 0 Å². The number of hydrogen-bond donors (Lipinski definition) is 0. The summed E-state index contributed by atoms with van der Waals surface area (Å²) in [6, 6.07) is 9.60. The Hall–Kier alpha value is 0.0264. The van der Waals surface area contributed by atoms with Crippen molar-refractivity contribution in [1.82, 2.24) is 0 Å². The molecule has 21 heavy (non-hydrogen) atoms. The maximum atomic E-state index is 11.2. The van der Waals surface area contributed by atoms with Crippen LogP contribution in [0.1, 0.15) is 38.2 Å². The van der Waals surface area contributed by atoms with Crippen LogP contribution in [-0.4, -0.2) is 12.1 Å². The molecule has 1 aromatic rings. The second kappa shape index (κ2) is 9.93. The van der Waals surface area contributed by atoms with Gasteiger partial charge >= 0.3 is 51.4 Å². The van der Waals surface area contributed by atoms with Crippen LogP contribution in [-0.2, 0) is 16.1 Å². The quantitative estimate of drug-likeness (QED) is 0.524. The molecule has 4 heteroatoms. The second-order valence-electron chi connectivity index (χ2n) is 5.55. The van der Waals surface area contributed by atoms with Crippen molar-refractivity contribution < 1.29 is 66.0 Å². The van der Waals surface area contributed by atoms with Gasteiger partial charge in [-0.15, -0.1) is 0 Å². The Morgan fingerprint density at radius 3 is 2.67 bits per heavy atom. The molecule has 0 aromatic heterocycles. The molecule has 2 rings (SSSR count). The molecule has 0 bridgehead atoms. The van der Waals surface area contributed by atoms with Gasteiger partial charge in [0.25, 0.3) is 0 Å². The molecule has 0 radical (unpaired) electrons. The van der Waals surface area contributed by atoms with Gasteiger partial charge in [0.15, 0.2) is 0 Å². The Kier molecular flexibility index (Phi) is 9.01. The van der Waals surface area contributed by atoms with Crippen molar-refractivity contribution in [1.29, 1.82) is 0 Å². The molecule has 108 valence electrons. The first-order valence-electron chi connectivity index (χ1n) is 7.19. The van der Waals surface area contributed by atoms with Crippen molar-refractivity contribution in [3.05, 3.63) is 47.5 Å². The minimum absolute atomic E-state index is 0. The molecule has 0 spiro atoms. The predicted molar refractivity (Wildman–Crippen MR) is 75.7 cm³/mol. The summed E-state index contributed by atoms with van der Waals surface area (Å²) >= 11 is 0. The minimum Gasteiger partial charge on any atom is -0.547 e. The number of aliphatic carboxylic acids is 1. The zero-order valence-electron chi connectivity index (χ0n) is 12.9. The maximum absolute atomic E-state index is 11.2. The second-order valence-corrected chi connectivity index (χ2v) is 5.55. The number of benzene rings is 1. The summed E-state index contributed by atoms with van der Waals surface area (Å²) in [5.41, 5.74) is 2.16. The van der Waals surface area contributed by atoms with Crippen LogP contribution in [0, 0.1) is 5.92 Å². The van der Waals surface area contributed by atoms with E-state index in [-0.39, 0.29) is 51.4 Å². The molecule has 1 aliphatic carbocycles. The van der Waals surface area contributed by atoms with Gasteiger partial charge in [-0.1, -0.05) is 48.9 Å². The fraction of sp³-hybridized carbons (Fsp3) is 0.471. The average molecular weight is 312 g/mol. The summed E-state index contributed by atoms with van der Waals surface area (Å²) in [6.07, 6.45) is 4.89. The number of allylic oxidation sites excluding steroid dienone is 1. The standard InChI is InChI=1S/C17H22O3.K/c1-13-7-9-14(10-8-13)11-16(17(18)19)20-12-15-5-3-2-4-6-15;/h2-6,9,13,16H,7-8,10-12H2,1H3,(H,18,19);/q;+1/p-1/t13-,16-;/m1./s1. The van der Waals surface area contributed by atoms with Gasteiger partial charge in [0.2, 0.25) is 0 Å². The number of rotatable bonds is 6. The minimum atomic E-state index is -1.12. The Morgan fingerprint density at radius 2 is 2.10 bits per heavy atom. The number of carbonyl (C=O) groups is 1. The van der Waals surface area contributed by atoms with Crippen molar-refractivity contribution in [3.63, 3.8) is 0 Å². The van der Waals surface area contributed by atoms with Gasteiger partial charge in [0.05, 0.1) is 12.6 Å². The Bertz CT molecular complexity index is 470. The smallest absolute Gasteiger partial charge is 0.547 e. The summed E-state index contributed by atoms with van der Waals surface area (Å²) in [5.74, 6) is -0.425. The van der Waals surface area contributed by atoms with Crippen molar-refractivity contribution >= 4 is 5.97 Å². The first-order valence-corrected chi connectivity index (χ1v) is 7.19. The largest absolute Gasteiger partial charge is 1.00 e. The van der Waals surface area contributed by atoms with Crippen molar-refractivity contribution in [2.45, 2.75) is 45.3 Å². The maximum Gasteiger partial charge on any atom is 1.00 e. The molecule has 0 fully saturated rings. The SMILES string of the molecule is C[C@@H]1CC=C(C[C@@H](OCc2ccccc2)C(=O)[O-])CC1.[K+]. The zero-order valence-corrected chi connectivity index (χ0v) is 16.0. The van der Waals surface area contributed by atoms with E-state index in [9.17, 15) is 9.90 Å². The van der Waals surface area contributed by atoms with E-state index in [2.05, 4.69) is 13.0 Å². The zero-order chi connectivity index (χ0) is 14.4. The van der Waals surface area contributed by atoms with Crippen LogP contribution in [0.3, 0.4) is 0 Å². The predicted octanol–water partition coefficient (Wildman–Crippen LogP) is -0.538. The molecule has 3 nitrogen and oxygen atoms in total. The molecule has 0 heterocycles. The van der Waals surface area contributed by atoms with Crippen molar-refractivity contribution in [2.24, 2.45) is 5.92 Å². The fourth-order valence-corrected chi connectivity index (χ4v) is 2.42. The summed E-state index contributed by atoms with van der Waals surface area (Å²) in [6.45, 7) is 2.53. The van der Waals surface area contributed by atoms with E-state index in [0.717, 1.165) is 24.8 Å². The van der Waals surface area contributed by atoms with Crippen LogP contribution in [0.2, 0.25) is 0 Å². The Morgan fingerprint density at radius 1 is 1.38 bits per heavy atom. The van der Waals surface area contributed by atoms with Gasteiger partial charge in [-0.05, 0) is 37.2 Å². The summed E-state index contributed by atoms with van der Waals surface area (Å²) in [4.78, 5) is 11.2. The van der Waals surface area contributed by atoms with Crippen LogP contribution in [0.15, 0.2) is 42.0 Å². The van der Waals surface area contributed by atoms with Gasteiger partial charge in [0.1, 0.15) is 6.10 Å². The molecule has 0 amide bonds. The van der Waals surface area contributed by atoms with Gasteiger partial charge in [-0.2, -0.15) is 0 Å². The van der Waals surface area contributed by atoms with Crippen LogP contribution in [0.5, 0.6) is 0 Å². The number of carbonyl (C=O) groups excluding carboxylic acids is 1. The number of carboxylic acid groups (broad SMARTS) is 1. The van der Waals surface area contributed by atoms with E-state index < -0.39 is 12.1 Å². The third-order valence-electron chi connectivity index (χ3n) is 3.77. The van der Waals surface area contributed by atoms with E-state index in [1.54, 1.807) is 0 Å². The van der Waals surface area contributed by atoms with Crippen LogP contribution in [0.4, 0.5) is 0 Å². The van der Waals surface area contributed by atoms with Gasteiger partial charge < -0.3 is 14.6 Å². The monoisotopic (exact) mass is 312 g/mol. The summed E-state index contributed by atoms with van der Waals surface area (Å²) in [7, 11) is 0. The van der Waals surface area contributed by atoms with E-state index in [0.29, 0.717) is 18.9 Å². The first kappa shape index (κ1) is 19.1. The first-order chi connectivity index (χ1) is 9.65. The molecule has 0 saturated heterocycles. The average Bonchev–Trinajstić information content (AvgIpc) is 2.46. The molecule has 0 saturated carbocycles. The van der Waals surface area contributed by atoms with Gasteiger partial charge in [-0.25, -0.2) is 0 Å². The number of carboxylic acids is 1. The Labute approximate surface area is 169 Å². The molecular weight excluding hydrogens is 291 g/mol. The van der Waals surface area contributed by atoms with E-state index in [4.69, 9.17) is 4.74 Å². The third-order valence-corrected chi connectivity index (χ3v) is 3.77. The molecule has 2 atom stereocenters. The third kappa shape index (κ3) is 6.76. The van der Waals surface area contributed by atoms with Gasteiger partial charge in [-0.3, -0.25) is 0 Å². The van der Waals surface area contributed by atoms with Crippen LogP contribution < -0.4 is 56.5 Å². The number of hydrogen-bond acceptors (Lipinski definition) is 3. The van der Waals surface area contributed by atoms with Crippen LogP contribution >= 0.6 is 0 Å². The molecule has 0 aliphatic heterocycles. The molecule has 0 unspecified atom stereocenters. The summed E-state index contributed by atoms with van der Waals surface area (Å²) < 4.78 is 5.52. The van der Waals surface area contributed by atoms with Crippen molar-refractivity contribution in [2.75, 3.05) is 0 Å². The van der Waals surface area contributed by atoms with E-state index in [1.807, 2.05) is 30.3 Å². The molecule has 1 aliphatic rings. The molecule has 1 aromatic carbocycles. The van der Waals surface area contributed by atoms with Gasteiger partial charge in [0, 0.05) is 0 Å². The van der Waals surface area contributed by atoms with E-state index in [1.165, 1.54) is 5.57 Å². The number of ether oxygens (including phenoxy) is 1. The topological polar surface area (TPSA) is 49.4 Å². The van der Waals surface area contributed by atoms with Crippen molar-refractivity contribution in [3.8, 4) is 0 Å². The Balaban J connectivity index is 0.00000220. The van der Waals surface area contributed by atoms with Crippen LogP contribution in [0.25, 0.3) is 0 Å². The normalized spacial score (nSPS) is 19.3.